The van der Waals surface area contributed by atoms with E-state index in [4.69, 9.17) is 9.47 Å². The van der Waals surface area contributed by atoms with Crippen LogP contribution < -0.4 is 9.47 Å². The van der Waals surface area contributed by atoms with Crippen LogP contribution in [0.4, 0.5) is 5.69 Å². The first-order valence-corrected chi connectivity index (χ1v) is 6.07. The number of nitro groups is 1. The predicted octanol–water partition coefficient (Wildman–Crippen LogP) is 2.97. The van der Waals surface area contributed by atoms with Crippen molar-refractivity contribution in [2.75, 3.05) is 13.2 Å². The lowest BCUT2D eigenvalue weighted by atomic mass is 10.2. The van der Waals surface area contributed by atoms with E-state index in [1.165, 1.54) is 0 Å². The molecule has 0 radical (unpaired) electrons. The van der Waals surface area contributed by atoms with Crippen molar-refractivity contribution in [2.24, 2.45) is 0 Å². The smallest absolute Gasteiger partial charge is 0.315 e. The zero-order chi connectivity index (χ0) is 13.7. The molecule has 0 saturated carbocycles. The van der Waals surface area contributed by atoms with Crippen LogP contribution in [0.15, 0.2) is 10.5 Å². The standard InChI is InChI=1S/C11H12BrNO5/c1-3-17-10-8(13(15)16)5-7(6-14)9(12)11(10)18-4-2/h5-6H,3-4H2,1-2H3. The summed E-state index contributed by atoms with van der Waals surface area (Å²) in [7, 11) is 0. The van der Waals surface area contributed by atoms with Gasteiger partial charge in [0, 0.05) is 11.6 Å². The molecule has 0 heterocycles. The third kappa shape index (κ3) is 2.79. The molecule has 98 valence electrons. The van der Waals surface area contributed by atoms with Crippen molar-refractivity contribution in [1.82, 2.24) is 0 Å². The van der Waals surface area contributed by atoms with Gasteiger partial charge in [0.25, 0.3) is 0 Å². The predicted molar refractivity (Wildman–Crippen MR) is 68.5 cm³/mol. The lowest BCUT2D eigenvalue weighted by Crippen LogP contribution is -2.04. The molecule has 6 nitrogen and oxygen atoms in total. The third-order valence-electron chi connectivity index (χ3n) is 2.08. The van der Waals surface area contributed by atoms with Crippen LogP contribution in [0.2, 0.25) is 0 Å². The van der Waals surface area contributed by atoms with Crippen LogP contribution in [0, 0.1) is 10.1 Å². The summed E-state index contributed by atoms with van der Waals surface area (Å²) in [6, 6.07) is 1.16. The SMILES string of the molecule is CCOc1c([N+](=O)[O-])cc(C=O)c(Br)c1OCC. The molecule has 1 aromatic rings. The van der Waals surface area contributed by atoms with Gasteiger partial charge in [0.05, 0.1) is 22.6 Å². The Balaban J connectivity index is 3.54. The fraction of sp³-hybridized carbons (Fsp3) is 0.364. The van der Waals surface area contributed by atoms with Crippen molar-refractivity contribution in [3.63, 3.8) is 0 Å². The maximum absolute atomic E-state index is 11.0. The first kappa shape index (κ1) is 14.4. The number of rotatable bonds is 6. The van der Waals surface area contributed by atoms with E-state index in [1.807, 2.05) is 0 Å². The Morgan fingerprint density at radius 1 is 1.33 bits per heavy atom. The Bertz CT molecular complexity index is 475. The van der Waals surface area contributed by atoms with E-state index >= 15 is 0 Å². The molecule has 0 saturated heterocycles. The van der Waals surface area contributed by atoms with Crippen LogP contribution in [0.25, 0.3) is 0 Å². The number of aldehydes is 1. The van der Waals surface area contributed by atoms with Crippen LogP contribution in [-0.4, -0.2) is 24.4 Å². The van der Waals surface area contributed by atoms with E-state index in [9.17, 15) is 14.9 Å². The van der Waals surface area contributed by atoms with E-state index in [2.05, 4.69) is 15.9 Å². The zero-order valence-corrected chi connectivity index (χ0v) is 11.5. The summed E-state index contributed by atoms with van der Waals surface area (Å²) < 4.78 is 10.9. The Hall–Kier alpha value is -1.63. The lowest BCUT2D eigenvalue weighted by Gasteiger charge is -2.13. The fourth-order valence-electron chi connectivity index (χ4n) is 1.40. The molecule has 0 spiro atoms. The number of benzene rings is 1. The third-order valence-corrected chi connectivity index (χ3v) is 2.90. The van der Waals surface area contributed by atoms with Gasteiger partial charge in [0.15, 0.2) is 12.0 Å². The molecule has 0 aromatic heterocycles. The molecule has 0 aliphatic carbocycles. The highest BCUT2D eigenvalue weighted by Gasteiger charge is 2.26. The molecule has 0 aliphatic heterocycles. The van der Waals surface area contributed by atoms with Crippen molar-refractivity contribution in [1.29, 1.82) is 0 Å². The van der Waals surface area contributed by atoms with E-state index in [1.54, 1.807) is 13.8 Å². The molecular formula is C11H12BrNO5. The van der Waals surface area contributed by atoms with Crippen molar-refractivity contribution in [3.05, 3.63) is 26.2 Å². The highest BCUT2D eigenvalue weighted by Crippen LogP contribution is 2.44. The topological polar surface area (TPSA) is 78.7 Å². The molecule has 0 aliphatic rings. The Morgan fingerprint density at radius 2 is 1.89 bits per heavy atom. The quantitative estimate of drug-likeness (QED) is 0.458. The number of halogens is 1. The van der Waals surface area contributed by atoms with Gasteiger partial charge in [-0.2, -0.15) is 0 Å². The van der Waals surface area contributed by atoms with Gasteiger partial charge in [-0.25, -0.2) is 0 Å². The molecule has 0 amide bonds. The Labute approximate surface area is 112 Å². The number of ether oxygens (including phenoxy) is 2. The number of nitrogens with zero attached hydrogens (tertiary/aromatic N) is 1. The second-order valence-corrected chi connectivity index (χ2v) is 3.99. The maximum atomic E-state index is 11.0. The monoisotopic (exact) mass is 317 g/mol. The van der Waals surface area contributed by atoms with Gasteiger partial charge in [-0.05, 0) is 29.8 Å². The molecule has 7 heteroatoms. The second kappa shape index (κ2) is 6.34. The van der Waals surface area contributed by atoms with E-state index in [-0.39, 0.29) is 29.4 Å². The van der Waals surface area contributed by atoms with Crippen molar-refractivity contribution >= 4 is 27.9 Å². The molecule has 1 rings (SSSR count). The second-order valence-electron chi connectivity index (χ2n) is 3.20. The summed E-state index contributed by atoms with van der Waals surface area (Å²) in [5.41, 5.74) is -0.140. The number of carbonyl (C=O) groups excluding carboxylic acids is 1. The molecule has 0 atom stereocenters. The average Bonchev–Trinajstić information content (AvgIpc) is 2.34. The minimum absolute atomic E-state index is 0.0295. The molecule has 1 aromatic carbocycles. The van der Waals surface area contributed by atoms with Crippen molar-refractivity contribution in [2.45, 2.75) is 13.8 Å². The van der Waals surface area contributed by atoms with Crippen LogP contribution in [0.5, 0.6) is 11.5 Å². The van der Waals surface area contributed by atoms with Gasteiger partial charge in [-0.3, -0.25) is 14.9 Å². The summed E-state index contributed by atoms with van der Waals surface area (Å²) in [5, 5.41) is 11.0. The van der Waals surface area contributed by atoms with E-state index < -0.39 is 4.92 Å². The first-order chi connectivity index (χ1) is 8.56. The average molecular weight is 318 g/mol. The van der Waals surface area contributed by atoms with Gasteiger partial charge in [-0.15, -0.1) is 0 Å². The van der Waals surface area contributed by atoms with Crippen LogP contribution in [0.3, 0.4) is 0 Å². The summed E-state index contributed by atoms with van der Waals surface area (Å²) in [6.45, 7) is 4.01. The van der Waals surface area contributed by atoms with Gasteiger partial charge >= 0.3 is 5.69 Å². The van der Waals surface area contributed by atoms with Gasteiger partial charge in [0.2, 0.25) is 5.75 Å². The van der Waals surface area contributed by atoms with Crippen LogP contribution in [-0.2, 0) is 0 Å². The normalized spacial score (nSPS) is 9.94. The molecule has 18 heavy (non-hydrogen) atoms. The van der Waals surface area contributed by atoms with Crippen LogP contribution in [0.1, 0.15) is 24.2 Å². The minimum Gasteiger partial charge on any atom is -0.489 e. The summed E-state index contributed by atoms with van der Waals surface area (Å²) >= 11 is 3.19. The van der Waals surface area contributed by atoms with Gasteiger partial charge in [0.1, 0.15) is 0 Å². The van der Waals surface area contributed by atoms with Crippen LogP contribution >= 0.6 is 15.9 Å². The molecule has 0 unspecified atom stereocenters. The van der Waals surface area contributed by atoms with E-state index in [0.29, 0.717) is 17.4 Å². The number of carbonyl (C=O) groups is 1. The van der Waals surface area contributed by atoms with Gasteiger partial charge in [-0.1, -0.05) is 0 Å². The van der Waals surface area contributed by atoms with Crippen molar-refractivity contribution in [3.8, 4) is 11.5 Å². The Kier molecular flexibility index (Phi) is 5.08. The van der Waals surface area contributed by atoms with E-state index in [0.717, 1.165) is 6.07 Å². The van der Waals surface area contributed by atoms with Crippen molar-refractivity contribution < 1.29 is 19.2 Å². The highest BCUT2D eigenvalue weighted by atomic mass is 79.9. The fourth-order valence-corrected chi connectivity index (χ4v) is 1.90. The largest absolute Gasteiger partial charge is 0.489 e. The number of hydrogen-bond donors (Lipinski definition) is 0. The van der Waals surface area contributed by atoms with Gasteiger partial charge < -0.3 is 9.47 Å². The summed E-state index contributed by atoms with van der Waals surface area (Å²) in [5.74, 6) is 0.206. The maximum Gasteiger partial charge on any atom is 0.315 e. The summed E-state index contributed by atoms with van der Waals surface area (Å²) in [6.07, 6.45) is 0.523. The lowest BCUT2D eigenvalue weighted by molar-refractivity contribution is -0.386. The molecule has 0 fully saturated rings. The number of hydrogen-bond acceptors (Lipinski definition) is 5. The number of nitro benzene ring substituents is 1. The molecule has 0 bridgehead atoms. The molecular weight excluding hydrogens is 306 g/mol. The molecule has 0 N–H and O–H groups in total. The Morgan fingerprint density at radius 3 is 2.33 bits per heavy atom. The zero-order valence-electron chi connectivity index (χ0n) is 9.94. The first-order valence-electron chi connectivity index (χ1n) is 5.28. The highest BCUT2D eigenvalue weighted by molar-refractivity contribution is 9.10. The summed E-state index contributed by atoms with van der Waals surface area (Å²) in [4.78, 5) is 21.2. The minimum atomic E-state index is -0.604.